The highest BCUT2D eigenvalue weighted by Crippen LogP contribution is 2.26. The molecule has 2 N–H and O–H groups in total. The molecule has 0 saturated heterocycles. The highest BCUT2D eigenvalue weighted by atomic mass is 16.5. The summed E-state index contributed by atoms with van der Waals surface area (Å²) in [5.41, 5.74) is 0.873. The summed E-state index contributed by atoms with van der Waals surface area (Å²) < 4.78 is 10.3. The van der Waals surface area contributed by atoms with Crippen molar-refractivity contribution in [2.75, 3.05) is 14.2 Å². The van der Waals surface area contributed by atoms with E-state index in [9.17, 15) is 15.0 Å². The summed E-state index contributed by atoms with van der Waals surface area (Å²) in [5, 5.41) is 19.0. The quantitative estimate of drug-likeness (QED) is 0.827. The Bertz CT molecular complexity index is 641. The number of hydrogen-bond acceptors (Lipinski definition) is 5. The Balaban J connectivity index is 2.26. The molecule has 0 aliphatic heterocycles. The predicted molar refractivity (Wildman–Crippen MR) is 77.4 cm³/mol. The molecule has 2 aromatic carbocycles. The number of phenolic OH excluding ortho intramolecular Hbond substituents is 2. The van der Waals surface area contributed by atoms with Crippen LogP contribution in [0.25, 0.3) is 0 Å². The summed E-state index contributed by atoms with van der Waals surface area (Å²) in [6.45, 7) is 0. The van der Waals surface area contributed by atoms with Crippen molar-refractivity contribution in [3.8, 4) is 23.0 Å². The van der Waals surface area contributed by atoms with Crippen LogP contribution in [-0.4, -0.2) is 30.2 Å². The number of ketones is 1. The van der Waals surface area contributed by atoms with Gasteiger partial charge >= 0.3 is 0 Å². The van der Waals surface area contributed by atoms with E-state index >= 15 is 0 Å². The third-order valence-electron chi connectivity index (χ3n) is 3.06. The van der Waals surface area contributed by atoms with Crippen molar-refractivity contribution in [2.24, 2.45) is 0 Å². The van der Waals surface area contributed by atoms with E-state index < -0.39 is 0 Å². The van der Waals surface area contributed by atoms with Gasteiger partial charge < -0.3 is 19.7 Å². The molecule has 0 aliphatic rings. The minimum atomic E-state index is -0.261. The summed E-state index contributed by atoms with van der Waals surface area (Å²) in [5.74, 6) is 0.587. The van der Waals surface area contributed by atoms with Crippen LogP contribution in [0.1, 0.15) is 15.9 Å². The highest BCUT2D eigenvalue weighted by Gasteiger charge is 2.13. The summed E-state index contributed by atoms with van der Waals surface area (Å²) in [6, 6.07) is 9.07. The van der Waals surface area contributed by atoms with E-state index in [0.29, 0.717) is 17.1 Å². The van der Waals surface area contributed by atoms with Crippen LogP contribution in [0.5, 0.6) is 23.0 Å². The second-order valence-corrected chi connectivity index (χ2v) is 4.52. The van der Waals surface area contributed by atoms with Crippen LogP contribution in [0.2, 0.25) is 0 Å². The lowest BCUT2D eigenvalue weighted by molar-refractivity contribution is 0.0990. The van der Waals surface area contributed by atoms with E-state index in [1.807, 2.05) is 0 Å². The molecule has 0 atom stereocenters. The van der Waals surface area contributed by atoms with Gasteiger partial charge in [-0.25, -0.2) is 0 Å². The number of ether oxygens (including phenoxy) is 2. The molecule has 0 fully saturated rings. The summed E-state index contributed by atoms with van der Waals surface area (Å²) >= 11 is 0. The van der Waals surface area contributed by atoms with Crippen molar-refractivity contribution >= 4 is 5.78 Å². The monoisotopic (exact) mass is 288 g/mol. The number of rotatable bonds is 5. The second kappa shape index (κ2) is 6.17. The molecule has 2 aromatic rings. The van der Waals surface area contributed by atoms with Gasteiger partial charge in [-0.05, 0) is 29.8 Å². The van der Waals surface area contributed by atoms with E-state index in [4.69, 9.17) is 9.47 Å². The molecule has 110 valence electrons. The van der Waals surface area contributed by atoms with Crippen LogP contribution >= 0.6 is 0 Å². The van der Waals surface area contributed by atoms with Crippen molar-refractivity contribution in [2.45, 2.75) is 6.42 Å². The molecule has 5 nitrogen and oxygen atoms in total. The molecule has 0 saturated carbocycles. The minimum absolute atomic E-state index is 0.0892. The van der Waals surface area contributed by atoms with Crippen LogP contribution in [0.15, 0.2) is 36.4 Å². The van der Waals surface area contributed by atoms with Gasteiger partial charge in [-0.2, -0.15) is 0 Å². The van der Waals surface area contributed by atoms with Crippen LogP contribution in [0, 0.1) is 0 Å². The fraction of sp³-hybridized carbons (Fsp3) is 0.188. The molecule has 0 aliphatic carbocycles. The molecule has 0 radical (unpaired) electrons. The third kappa shape index (κ3) is 3.45. The van der Waals surface area contributed by atoms with Crippen molar-refractivity contribution in [3.05, 3.63) is 47.5 Å². The van der Waals surface area contributed by atoms with Crippen molar-refractivity contribution in [1.29, 1.82) is 0 Å². The molecule has 0 aromatic heterocycles. The molecular formula is C16H16O5. The fourth-order valence-corrected chi connectivity index (χ4v) is 2.00. The Morgan fingerprint density at radius 1 is 1.00 bits per heavy atom. The van der Waals surface area contributed by atoms with Gasteiger partial charge in [-0.3, -0.25) is 4.79 Å². The largest absolute Gasteiger partial charge is 0.508 e. The molecule has 21 heavy (non-hydrogen) atoms. The highest BCUT2D eigenvalue weighted by molar-refractivity contribution is 6.00. The van der Waals surface area contributed by atoms with E-state index in [2.05, 4.69) is 0 Å². The number of carbonyl (C=O) groups excluding carboxylic acids is 1. The van der Waals surface area contributed by atoms with Crippen molar-refractivity contribution in [3.63, 3.8) is 0 Å². The van der Waals surface area contributed by atoms with Crippen molar-refractivity contribution < 1.29 is 24.5 Å². The molecular weight excluding hydrogens is 272 g/mol. The number of phenols is 2. The molecule has 0 unspecified atom stereocenters. The minimum Gasteiger partial charge on any atom is -0.508 e. The van der Waals surface area contributed by atoms with E-state index in [1.54, 1.807) is 18.2 Å². The first-order valence-corrected chi connectivity index (χ1v) is 6.30. The van der Waals surface area contributed by atoms with Gasteiger partial charge in [-0.1, -0.05) is 0 Å². The number of methoxy groups -OCH3 is 2. The fourth-order valence-electron chi connectivity index (χ4n) is 2.00. The number of hydrogen-bond donors (Lipinski definition) is 2. The second-order valence-electron chi connectivity index (χ2n) is 4.52. The predicted octanol–water partition coefficient (Wildman–Crippen LogP) is 2.54. The van der Waals surface area contributed by atoms with Gasteiger partial charge in [0.05, 0.1) is 19.8 Å². The lowest BCUT2D eigenvalue weighted by atomic mass is 10.0. The molecule has 0 bridgehead atoms. The Hall–Kier alpha value is -2.69. The van der Waals surface area contributed by atoms with Gasteiger partial charge in [-0.15, -0.1) is 0 Å². The Morgan fingerprint density at radius 2 is 1.62 bits per heavy atom. The standard InChI is InChI=1S/C16H16O5/c1-20-12-5-10(6-13(9-12)21-2)7-15(18)14-4-3-11(17)8-16(14)19/h3-6,8-9,17,19H,7H2,1-2H3. The number of benzene rings is 2. The molecule has 5 heteroatoms. The van der Waals surface area contributed by atoms with Gasteiger partial charge in [0, 0.05) is 18.6 Å². The zero-order valence-electron chi connectivity index (χ0n) is 11.8. The van der Waals surface area contributed by atoms with Gasteiger partial charge in [0.25, 0.3) is 0 Å². The van der Waals surface area contributed by atoms with Gasteiger partial charge in [0.1, 0.15) is 23.0 Å². The molecule has 2 rings (SSSR count). The molecule has 0 amide bonds. The smallest absolute Gasteiger partial charge is 0.170 e. The van der Waals surface area contributed by atoms with E-state index in [1.165, 1.54) is 26.4 Å². The lowest BCUT2D eigenvalue weighted by Crippen LogP contribution is -2.04. The zero-order valence-corrected chi connectivity index (χ0v) is 11.8. The Labute approximate surface area is 122 Å². The first kappa shape index (κ1) is 14.7. The SMILES string of the molecule is COc1cc(CC(=O)c2ccc(O)cc2O)cc(OC)c1. The van der Waals surface area contributed by atoms with Crippen LogP contribution in [0.3, 0.4) is 0 Å². The maximum Gasteiger partial charge on any atom is 0.170 e. The lowest BCUT2D eigenvalue weighted by Gasteiger charge is -2.09. The number of carbonyl (C=O) groups is 1. The molecule has 0 heterocycles. The zero-order chi connectivity index (χ0) is 15.4. The first-order valence-electron chi connectivity index (χ1n) is 6.30. The Morgan fingerprint density at radius 3 is 2.14 bits per heavy atom. The number of aromatic hydroxyl groups is 2. The van der Waals surface area contributed by atoms with Crippen molar-refractivity contribution in [1.82, 2.24) is 0 Å². The summed E-state index contributed by atoms with van der Waals surface area (Å²) in [4.78, 5) is 12.2. The topological polar surface area (TPSA) is 76.0 Å². The van der Waals surface area contributed by atoms with E-state index in [0.717, 1.165) is 6.07 Å². The third-order valence-corrected chi connectivity index (χ3v) is 3.06. The summed E-state index contributed by atoms with van der Waals surface area (Å²) in [7, 11) is 3.07. The molecule has 0 spiro atoms. The Kier molecular flexibility index (Phi) is 4.33. The maximum absolute atomic E-state index is 12.2. The first-order chi connectivity index (χ1) is 10.0. The van der Waals surface area contributed by atoms with Gasteiger partial charge in [0.2, 0.25) is 0 Å². The van der Waals surface area contributed by atoms with Crippen LogP contribution in [0.4, 0.5) is 0 Å². The normalized spacial score (nSPS) is 10.2. The maximum atomic E-state index is 12.2. The number of Topliss-reactive ketones (excluding diaryl/α,β-unsaturated/α-hetero) is 1. The van der Waals surface area contributed by atoms with Gasteiger partial charge in [0.15, 0.2) is 5.78 Å². The average molecular weight is 288 g/mol. The van der Waals surface area contributed by atoms with Crippen LogP contribution in [-0.2, 0) is 6.42 Å². The van der Waals surface area contributed by atoms with E-state index in [-0.39, 0.29) is 29.3 Å². The summed E-state index contributed by atoms with van der Waals surface area (Å²) in [6.07, 6.45) is 0.0892. The van der Waals surface area contributed by atoms with Crippen LogP contribution < -0.4 is 9.47 Å². The average Bonchev–Trinajstić information content (AvgIpc) is 2.46.